The third-order valence-electron chi connectivity index (χ3n) is 4.22. The fraction of sp³-hybridized carbons (Fsp3) is 0.643. The van der Waals surface area contributed by atoms with Gasteiger partial charge in [0.2, 0.25) is 0 Å². The Hall–Kier alpha value is -1.69. The van der Waals surface area contributed by atoms with E-state index in [-0.39, 0.29) is 11.4 Å². The molecule has 6 heteroatoms. The highest BCUT2D eigenvalue weighted by Crippen LogP contribution is 2.36. The number of rotatable bonds is 5. The summed E-state index contributed by atoms with van der Waals surface area (Å²) in [4.78, 5) is 24.7. The molecule has 0 bridgehead atoms. The van der Waals surface area contributed by atoms with E-state index in [1.807, 2.05) is 7.05 Å². The predicted molar refractivity (Wildman–Crippen MR) is 78.8 cm³/mol. The van der Waals surface area contributed by atoms with E-state index >= 15 is 0 Å². The smallest absolute Gasteiger partial charge is 0.273 e. The monoisotopic (exact) mass is 277 g/mol. The number of nitrogens with zero attached hydrogens (tertiary/aromatic N) is 4. The quantitative estimate of drug-likeness (QED) is 0.872. The predicted octanol–water partition coefficient (Wildman–Crippen LogP) is 1.07. The Bertz CT molecular complexity index is 484. The van der Waals surface area contributed by atoms with Crippen LogP contribution in [0.2, 0.25) is 0 Å². The number of hydrogen-bond acceptors (Lipinski definition) is 5. The summed E-state index contributed by atoms with van der Waals surface area (Å²) in [5.74, 6) is 0.526. The molecule has 0 aromatic carbocycles. The minimum atomic E-state index is -0.0808. The van der Waals surface area contributed by atoms with Gasteiger partial charge in [0.1, 0.15) is 11.5 Å². The second-order valence-electron chi connectivity index (χ2n) is 5.67. The highest BCUT2D eigenvalue weighted by molar-refractivity contribution is 5.92. The fourth-order valence-electron chi connectivity index (χ4n) is 2.63. The molecule has 0 spiro atoms. The van der Waals surface area contributed by atoms with Crippen molar-refractivity contribution in [2.75, 3.05) is 40.1 Å². The summed E-state index contributed by atoms with van der Waals surface area (Å²) in [7, 11) is 7.76. The molecule has 1 amide bonds. The van der Waals surface area contributed by atoms with Crippen LogP contribution in [-0.4, -0.2) is 65.9 Å². The molecule has 0 atom stereocenters. The summed E-state index contributed by atoms with van der Waals surface area (Å²) in [6.45, 7) is 0.726. The maximum Gasteiger partial charge on any atom is 0.273 e. The van der Waals surface area contributed by atoms with Crippen LogP contribution >= 0.6 is 0 Å². The minimum absolute atomic E-state index is 0.0808. The van der Waals surface area contributed by atoms with E-state index in [0.29, 0.717) is 11.5 Å². The van der Waals surface area contributed by atoms with Crippen molar-refractivity contribution in [2.45, 2.75) is 24.8 Å². The van der Waals surface area contributed by atoms with Gasteiger partial charge in [-0.2, -0.15) is 0 Å². The van der Waals surface area contributed by atoms with Gasteiger partial charge in [0.05, 0.1) is 12.4 Å². The lowest BCUT2D eigenvalue weighted by atomic mass is 9.75. The molecule has 1 N–H and O–H groups in total. The molecule has 0 aliphatic heterocycles. The average Bonchev–Trinajstić information content (AvgIpc) is 2.41. The maximum absolute atomic E-state index is 12.4. The fourth-order valence-corrected chi connectivity index (χ4v) is 2.63. The number of amides is 1. The second-order valence-corrected chi connectivity index (χ2v) is 5.67. The Morgan fingerprint density at radius 2 is 2.05 bits per heavy atom. The summed E-state index contributed by atoms with van der Waals surface area (Å²) in [5, 5.41) is 2.90. The summed E-state index contributed by atoms with van der Waals surface area (Å²) < 4.78 is 0. The SMILES string of the molecule is CNc1cncc(C(=O)N(C)CC2(N(C)C)CCC2)n1. The van der Waals surface area contributed by atoms with E-state index in [9.17, 15) is 4.79 Å². The van der Waals surface area contributed by atoms with Crippen LogP contribution in [-0.2, 0) is 0 Å². The zero-order chi connectivity index (χ0) is 14.8. The summed E-state index contributed by atoms with van der Waals surface area (Å²) in [6, 6.07) is 0. The first kappa shape index (κ1) is 14.7. The van der Waals surface area contributed by atoms with E-state index in [4.69, 9.17) is 0 Å². The van der Waals surface area contributed by atoms with Crippen LogP contribution in [0, 0.1) is 0 Å². The Morgan fingerprint density at radius 3 is 2.55 bits per heavy atom. The normalized spacial score (nSPS) is 16.6. The first-order chi connectivity index (χ1) is 9.48. The van der Waals surface area contributed by atoms with Gasteiger partial charge in [0, 0.05) is 26.2 Å². The molecule has 1 fully saturated rings. The molecule has 6 nitrogen and oxygen atoms in total. The first-order valence-electron chi connectivity index (χ1n) is 6.91. The molecular formula is C14H23N5O. The number of carbonyl (C=O) groups is 1. The lowest BCUT2D eigenvalue weighted by Crippen LogP contribution is -2.57. The third-order valence-corrected chi connectivity index (χ3v) is 4.22. The Kier molecular flexibility index (Phi) is 4.23. The first-order valence-corrected chi connectivity index (χ1v) is 6.91. The van der Waals surface area contributed by atoms with Crippen molar-refractivity contribution in [1.82, 2.24) is 19.8 Å². The van der Waals surface area contributed by atoms with Crippen LogP contribution in [0.25, 0.3) is 0 Å². The van der Waals surface area contributed by atoms with Crippen molar-refractivity contribution >= 4 is 11.7 Å². The Labute approximate surface area is 120 Å². The molecule has 0 radical (unpaired) electrons. The average molecular weight is 277 g/mol. The molecule has 1 saturated carbocycles. The van der Waals surface area contributed by atoms with E-state index in [2.05, 4.69) is 34.3 Å². The van der Waals surface area contributed by atoms with E-state index in [0.717, 1.165) is 19.4 Å². The van der Waals surface area contributed by atoms with E-state index < -0.39 is 0 Å². The summed E-state index contributed by atoms with van der Waals surface area (Å²) in [5.41, 5.74) is 0.505. The van der Waals surface area contributed by atoms with Gasteiger partial charge in [-0.25, -0.2) is 4.98 Å². The summed E-state index contributed by atoms with van der Waals surface area (Å²) >= 11 is 0. The van der Waals surface area contributed by atoms with Crippen LogP contribution in [0.15, 0.2) is 12.4 Å². The molecular weight excluding hydrogens is 254 g/mol. The number of carbonyl (C=O) groups excluding carboxylic acids is 1. The largest absolute Gasteiger partial charge is 0.372 e. The molecule has 1 heterocycles. The van der Waals surface area contributed by atoms with Gasteiger partial charge in [0.15, 0.2) is 0 Å². The molecule has 1 aromatic rings. The molecule has 0 saturated heterocycles. The van der Waals surface area contributed by atoms with Crippen molar-refractivity contribution in [3.63, 3.8) is 0 Å². The van der Waals surface area contributed by atoms with Gasteiger partial charge in [-0.3, -0.25) is 9.78 Å². The van der Waals surface area contributed by atoms with Crippen molar-refractivity contribution in [3.8, 4) is 0 Å². The zero-order valence-electron chi connectivity index (χ0n) is 12.7. The highest BCUT2D eigenvalue weighted by atomic mass is 16.2. The summed E-state index contributed by atoms with van der Waals surface area (Å²) in [6.07, 6.45) is 6.63. The highest BCUT2D eigenvalue weighted by Gasteiger charge is 2.40. The second kappa shape index (κ2) is 5.75. The van der Waals surface area contributed by atoms with Crippen molar-refractivity contribution in [3.05, 3.63) is 18.1 Å². The van der Waals surface area contributed by atoms with Crippen LogP contribution < -0.4 is 5.32 Å². The number of hydrogen-bond donors (Lipinski definition) is 1. The molecule has 1 aromatic heterocycles. The van der Waals surface area contributed by atoms with Crippen molar-refractivity contribution in [2.24, 2.45) is 0 Å². The van der Waals surface area contributed by atoms with Crippen molar-refractivity contribution < 1.29 is 4.79 Å². The van der Waals surface area contributed by atoms with Gasteiger partial charge in [-0.1, -0.05) is 0 Å². The van der Waals surface area contributed by atoms with Gasteiger partial charge >= 0.3 is 0 Å². The van der Waals surface area contributed by atoms with Crippen LogP contribution in [0.3, 0.4) is 0 Å². The lowest BCUT2D eigenvalue weighted by molar-refractivity contribution is 0.0250. The maximum atomic E-state index is 12.4. The Morgan fingerprint density at radius 1 is 1.35 bits per heavy atom. The standard InChI is InChI=1S/C14H23N5O/c1-15-12-9-16-8-11(17-12)13(20)19(4)10-14(18(2)3)6-5-7-14/h8-9H,5-7,10H2,1-4H3,(H,15,17). The number of nitrogens with one attached hydrogen (secondary N) is 1. The van der Waals surface area contributed by atoms with E-state index in [1.54, 1.807) is 18.1 Å². The number of likely N-dealkylation sites (N-methyl/N-ethyl adjacent to an activating group) is 2. The van der Waals surface area contributed by atoms with Gasteiger partial charge < -0.3 is 15.1 Å². The molecule has 1 aliphatic carbocycles. The minimum Gasteiger partial charge on any atom is -0.372 e. The van der Waals surface area contributed by atoms with Gasteiger partial charge in [0.25, 0.3) is 5.91 Å². The van der Waals surface area contributed by atoms with E-state index in [1.165, 1.54) is 12.6 Å². The van der Waals surface area contributed by atoms with Crippen LogP contribution in [0.5, 0.6) is 0 Å². The number of anilines is 1. The molecule has 0 unspecified atom stereocenters. The number of aromatic nitrogens is 2. The third kappa shape index (κ3) is 2.75. The molecule has 110 valence electrons. The van der Waals surface area contributed by atoms with Gasteiger partial charge in [-0.15, -0.1) is 0 Å². The Balaban J connectivity index is 2.08. The van der Waals surface area contributed by atoms with Crippen LogP contribution in [0.1, 0.15) is 29.8 Å². The molecule has 20 heavy (non-hydrogen) atoms. The topological polar surface area (TPSA) is 61.4 Å². The molecule has 1 aliphatic rings. The zero-order valence-corrected chi connectivity index (χ0v) is 12.7. The lowest BCUT2D eigenvalue weighted by Gasteiger charge is -2.49. The van der Waals surface area contributed by atoms with Crippen LogP contribution in [0.4, 0.5) is 5.82 Å². The molecule has 2 rings (SSSR count). The van der Waals surface area contributed by atoms with Crippen molar-refractivity contribution in [1.29, 1.82) is 0 Å². The van der Waals surface area contributed by atoms with Gasteiger partial charge in [-0.05, 0) is 33.4 Å².